The minimum Gasteiger partial charge on any atom is -0.253 e. The fourth-order valence-corrected chi connectivity index (χ4v) is 3.35. The summed E-state index contributed by atoms with van der Waals surface area (Å²) in [7, 11) is 0. The molecule has 4 nitrogen and oxygen atoms in total. The van der Waals surface area contributed by atoms with E-state index in [1.807, 2.05) is 43.3 Å². The lowest BCUT2D eigenvalue weighted by Crippen LogP contribution is -2.12. The topological polar surface area (TPSA) is 43.6 Å². The highest BCUT2D eigenvalue weighted by Crippen LogP contribution is 2.31. The van der Waals surface area contributed by atoms with Crippen LogP contribution in [0.5, 0.6) is 0 Å². The lowest BCUT2D eigenvalue weighted by Gasteiger charge is -2.14. The molecule has 4 rings (SSSR count). The molecular formula is C22H21F3N4. The molecule has 4 aromatic rings. The van der Waals surface area contributed by atoms with Gasteiger partial charge in [0.15, 0.2) is 5.82 Å². The van der Waals surface area contributed by atoms with Crippen molar-refractivity contribution in [1.29, 1.82) is 0 Å². The monoisotopic (exact) mass is 398 g/mol. The van der Waals surface area contributed by atoms with Gasteiger partial charge in [-0.15, -0.1) is 0 Å². The smallest absolute Gasteiger partial charge is 0.253 e. The van der Waals surface area contributed by atoms with Crippen LogP contribution in [-0.4, -0.2) is 25.9 Å². The van der Waals surface area contributed by atoms with Crippen molar-refractivity contribution in [3.63, 3.8) is 0 Å². The van der Waals surface area contributed by atoms with Gasteiger partial charge in [-0.3, -0.25) is 4.98 Å². The number of alkyl halides is 3. The van der Waals surface area contributed by atoms with Crippen LogP contribution in [-0.2, 0) is 0 Å². The highest BCUT2D eigenvalue weighted by Gasteiger charge is 2.31. The summed E-state index contributed by atoms with van der Waals surface area (Å²) in [6.45, 7) is 3.46. The van der Waals surface area contributed by atoms with Crippen LogP contribution in [0.25, 0.3) is 28.0 Å². The molecule has 7 heteroatoms. The van der Waals surface area contributed by atoms with E-state index in [2.05, 4.69) is 15.1 Å². The minimum atomic E-state index is -4.22. The Morgan fingerprint density at radius 2 is 1.83 bits per heavy atom. The van der Waals surface area contributed by atoms with Crippen LogP contribution in [0.4, 0.5) is 13.2 Å². The second-order valence-electron chi connectivity index (χ2n) is 7.14. The molecule has 0 aliphatic carbocycles. The van der Waals surface area contributed by atoms with Crippen molar-refractivity contribution in [2.45, 2.75) is 32.4 Å². The average molecular weight is 398 g/mol. The molecule has 0 radical (unpaired) electrons. The molecule has 3 heterocycles. The third kappa shape index (κ3) is 4.13. The molecule has 0 saturated carbocycles. The standard InChI is InChI=1S/C22H19F3N4.H2/c1-14(12-22(23,24)25)18-6-4-7-19(28-18)16-9-10-17-13-26-29(20(17)11-16)21-8-3-5-15(2)27-21;/h3-11,13-14H,12H2,1-2H3;1H. The molecule has 0 spiro atoms. The molecule has 0 amide bonds. The Labute approximate surface area is 167 Å². The number of rotatable bonds is 4. The molecule has 0 N–H and O–H groups in total. The summed E-state index contributed by atoms with van der Waals surface area (Å²) < 4.78 is 40.0. The number of halogens is 3. The molecule has 0 bridgehead atoms. The predicted octanol–water partition coefficient (Wildman–Crippen LogP) is 6.09. The second kappa shape index (κ2) is 7.31. The van der Waals surface area contributed by atoms with Gasteiger partial charge >= 0.3 is 6.18 Å². The lowest BCUT2D eigenvalue weighted by atomic mass is 10.0. The third-order valence-electron chi connectivity index (χ3n) is 4.77. The normalized spacial score (nSPS) is 13.0. The number of pyridine rings is 2. The van der Waals surface area contributed by atoms with Crippen LogP contribution < -0.4 is 0 Å². The van der Waals surface area contributed by atoms with Crippen molar-refractivity contribution in [1.82, 2.24) is 19.7 Å². The van der Waals surface area contributed by atoms with Crippen molar-refractivity contribution < 1.29 is 14.6 Å². The van der Waals surface area contributed by atoms with E-state index in [0.29, 0.717) is 17.2 Å². The van der Waals surface area contributed by atoms with Gasteiger partial charge in [0.25, 0.3) is 0 Å². The third-order valence-corrected chi connectivity index (χ3v) is 4.77. The fraction of sp³-hybridized carbons (Fsp3) is 0.227. The van der Waals surface area contributed by atoms with Gasteiger partial charge in [0.05, 0.1) is 23.8 Å². The van der Waals surface area contributed by atoms with Crippen molar-refractivity contribution in [2.75, 3.05) is 0 Å². The Hall–Kier alpha value is -3.22. The summed E-state index contributed by atoms with van der Waals surface area (Å²) in [4.78, 5) is 9.01. The van der Waals surface area contributed by atoms with Crippen LogP contribution in [0.15, 0.2) is 60.8 Å². The van der Waals surface area contributed by atoms with Gasteiger partial charge in [-0.05, 0) is 37.3 Å². The van der Waals surface area contributed by atoms with E-state index >= 15 is 0 Å². The quantitative estimate of drug-likeness (QED) is 0.418. The van der Waals surface area contributed by atoms with Crippen LogP contribution in [0.2, 0.25) is 0 Å². The summed E-state index contributed by atoms with van der Waals surface area (Å²) in [5.41, 5.74) is 3.61. The van der Waals surface area contributed by atoms with Gasteiger partial charge in [-0.25, -0.2) is 9.67 Å². The maximum atomic E-state index is 12.7. The van der Waals surface area contributed by atoms with Crippen LogP contribution in [0.3, 0.4) is 0 Å². The van der Waals surface area contributed by atoms with Crippen LogP contribution in [0, 0.1) is 6.92 Å². The molecule has 0 aliphatic rings. The summed E-state index contributed by atoms with van der Waals surface area (Å²) in [5, 5.41) is 5.38. The average Bonchev–Trinajstić information content (AvgIpc) is 3.10. The summed E-state index contributed by atoms with van der Waals surface area (Å²) >= 11 is 0. The lowest BCUT2D eigenvalue weighted by molar-refractivity contribution is -0.138. The van der Waals surface area contributed by atoms with Crippen LogP contribution >= 0.6 is 0 Å². The van der Waals surface area contributed by atoms with Gasteiger partial charge in [0, 0.05) is 29.7 Å². The van der Waals surface area contributed by atoms with E-state index in [4.69, 9.17) is 0 Å². The zero-order chi connectivity index (χ0) is 20.6. The molecule has 0 saturated heterocycles. The number of fused-ring (bicyclic) bond motifs is 1. The van der Waals surface area contributed by atoms with E-state index in [-0.39, 0.29) is 1.43 Å². The molecular weight excluding hydrogens is 377 g/mol. The zero-order valence-corrected chi connectivity index (χ0v) is 16.0. The van der Waals surface area contributed by atoms with Crippen LogP contribution in [0.1, 0.15) is 32.1 Å². The number of hydrogen-bond acceptors (Lipinski definition) is 3. The predicted molar refractivity (Wildman–Crippen MR) is 108 cm³/mol. The number of hydrogen-bond donors (Lipinski definition) is 0. The number of aromatic nitrogens is 4. The van der Waals surface area contributed by atoms with Gasteiger partial charge in [-0.2, -0.15) is 18.3 Å². The highest BCUT2D eigenvalue weighted by molar-refractivity contribution is 5.84. The molecule has 3 aromatic heterocycles. The van der Waals surface area contributed by atoms with Gasteiger partial charge in [-0.1, -0.05) is 31.2 Å². The van der Waals surface area contributed by atoms with Gasteiger partial charge in [0.2, 0.25) is 0 Å². The SMILES string of the molecule is Cc1cccc(-n2ncc3ccc(-c4cccc(C(C)CC(F)(F)F)n4)cc32)n1.[HH]. The Bertz CT molecular complexity index is 1170. The first-order valence-corrected chi connectivity index (χ1v) is 9.26. The van der Waals surface area contributed by atoms with E-state index in [0.717, 1.165) is 22.2 Å². The van der Waals surface area contributed by atoms with Crippen molar-refractivity contribution >= 4 is 10.9 Å². The molecule has 29 heavy (non-hydrogen) atoms. The van der Waals surface area contributed by atoms with Crippen molar-refractivity contribution in [3.05, 3.63) is 72.2 Å². The largest absolute Gasteiger partial charge is 0.389 e. The summed E-state index contributed by atoms with van der Waals surface area (Å²) in [5.74, 6) is -0.00152. The Morgan fingerprint density at radius 3 is 2.59 bits per heavy atom. The van der Waals surface area contributed by atoms with E-state index in [1.54, 1.807) is 36.0 Å². The highest BCUT2D eigenvalue weighted by atomic mass is 19.4. The minimum absolute atomic E-state index is 0. The summed E-state index contributed by atoms with van der Waals surface area (Å²) in [6.07, 6.45) is -3.35. The molecule has 0 aliphatic heterocycles. The van der Waals surface area contributed by atoms with Gasteiger partial charge < -0.3 is 0 Å². The van der Waals surface area contributed by atoms with Crippen molar-refractivity contribution in [2.24, 2.45) is 0 Å². The Morgan fingerprint density at radius 1 is 1.03 bits per heavy atom. The van der Waals surface area contributed by atoms with Gasteiger partial charge in [0.1, 0.15) is 0 Å². The molecule has 0 fully saturated rings. The first-order chi connectivity index (χ1) is 13.8. The van der Waals surface area contributed by atoms with Crippen molar-refractivity contribution in [3.8, 4) is 17.1 Å². The number of nitrogens with zero attached hydrogens (tertiary/aromatic N) is 4. The number of benzene rings is 1. The summed E-state index contributed by atoms with van der Waals surface area (Å²) in [6, 6.07) is 16.7. The molecule has 1 unspecified atom stereocenters. The maximum absolute atomic E-state index is 12.7. The first kappa shape index (κ1) is 19.1. The van der Waals surface area contributed by atoms with E-state index < -0.39 is 18.5 Å². The zero-order valence-electron chi connectivity index (χ0n) is 16.0. The fourth-order valence-electron chi connectivity index (χ4n) is 3.35. The maximum Gasteiger partial charge on any atom is 0.389 e. The van der Waals surface area contributed by atoms with E-state index in [9.17, 15) is 13.2 Å². The molecule has 1 atom stereocenters. The second-order valence-corrected chi connectivity index (χ2v) is 7.14. The number of aryl methyl sites for hydroxylation is 1. The molecule has 1 aromatic carbocycles. The van der Waals surface area contributed by atoms with E-state index in [1.165, 1.54) is 0 Å². The first-order valence-electron chi connectivity index (χ1n) is 9.26. The Kier molecular flexibility index (Phi) is 4.82. The molecule has 150 valence electrons. The Balaban J connectivity index is 0.00000256.